The first kappa shape index (κ1) is 18.7. The molecule has 2 nitrogen and oxygen atoms in total. The summed E-state index contributed by atoms with van der Waals surface area (Å²) in [5, 5.41) is 0. The molecule has 2 atom stereocenters. The molecule has 0 bridgehead atoms. The van der Waals surface area contributed by atoms with Gasteiger partial charge in [-0.25, -0.2) is 4.79 Å². The molecule has 27 heavy (non-hydrogen) atoms. The number of esters is 1. The normalized spacial score (nSPS) is 13.2. The summed E-state index contributed by atoms with van der Waals surface area (Å²) in [6.07, 6.45) is 4.43. The monoisotopic (exact) mass is 356 g/mol. The maximum Gasteiger partial charge on any atom is 0.338 e. The van der Waals surface area contributed by atoms with E-state index in [1.165, 1.54) is 5.56 Å². The van der Waals surface area contributed by atoms with E-state index >= 15 is 0 Å². The lowest BCUT2D eigenvalue weighted by atomic mass is 9.94. The van der Waals surface area contributed by atoms with Crippen molar-refractivity contribution in [3.63, 3.8) is 0 Å². The van der Waals surface area contributed by atoms with Crippen molar-refractivity contribution in [2.45, 2.75) is 25.4 Å². The van der Waals surface area contributed by atoms with Crippen molar-refractivity contribution in [2.24, 2.45) is 0 Å². The minimum absolute atomic E-state index is 0.278. The summed E-state index contributed by atoms with van der Waals surface area (Å²) in [6.45, 7) is 2.16. The van der Waals surface area contributed by atoms with Gasteiger partial charge in [-0.1, -0.05) is 91.9 Å². The molecule has 0 fully saturated rings. The Morgan fingerprint density at radius 1 is 0.852 bits per heavy atom. The van der Waals surface area contributed by atoms with Gasteiger partial charge in [0.15, 0.2) is 0 Å². The van der Waals surface area contributed by atoms with Crippen molar-refractivity contribution >= 4 is 12.0 Å². The van der Waals surface area contributed by atoms with Crippen molar-refractivity contribution < 1.29 is 9.53 Å². The molecule has 1 unspecified atom stereocenters. The maximum absolute atomic E-state index is 12.5. The fourth-order valence-corrected chi connectivity index (χ4v) is 2.99. The van der Waals surface area contributed by atoms with Crippen molar-refractivity contribution in [3.8, 4) is 0 Å². The quantitative estimate of drug-likeness (QED) is 0.477. The Morgan fingerprint density at radius 2 is 1.41 bits per heavy atom. The van der Waals surface area contributed by atoms with E-state index in [1.54, 1.807) is 12.1 Å². The van der Waals surface area contributed by atoms with Gasteiger partial charge in [-0.15, -0.1) is 0 Å². The second kappa shape index (κ2) is 9.54. The van der Waals surface area contributed by atoms with Gasteiger partial charge in [0.2, 0.25) is 0 Å². The Labute approximate surface area is 161 Å². The fourth-order valence-electron chi connectivity index (χ4n) is 2.99. The second-order valence-electron chi connectivity index (χ2n) is 6.63. The third-order valence-corrected chi connectivity index (χ3v) is 4.53. The molecule has 0 radical (unpaired) electrons. The van der Waals surface area contributed by atoms with Crippen molar-refractivity contribution in [1.29, 1.82) is 0 Å². The van der Waals surface area contributed by atoms with Gasteiger partial charge in [-0.05, 0) is 41.7 Å². The average Bonchev–Trinajstić information content (AvgIpc) is 2.74. The summed E-state index contributed by atoms with van der Waals surface area (Å²) in [4.78, 5) is 12.5. The standard InChI is InChI=1S/C25H24O2/c1-20(22-13-7-3-8-14-22)19-24(18-17-21-11-5-2-6-12-21)27-25(26)23-15-9-4-10-16-23/h2-18,20,24H,19H2,1H3/b18-17+/t20?,24-/m0/s1. The van der Waals surface area contributed by atoms with Crippen LogP contribution in [0.2, 0.25) is 0 Å². The highest BCUT2D eigenvalue weighted by Gasteiger charge is 2.17. The number of benzene rings is 3. The lowest BCUT2D eigenvalue weighted by molar-refractivity contribution is 0.0372. The first-order valence-corrected chi connectivity index (χ1v) is 9.26. The van der Waals surface area contributed by atoms with E-state index in [4.69, 9.17) is 4.74 Å². The predicted molar refractivity (Wildman–Crippen MR) is 111 cm³/mol. The molecule has 0 spiro atoms. The van der Waals surface area contributed by atoms with Crippen LogP contribution in [0, 0.1) is 0 Å². The third kappa shape index (κ3) is 5.68. The Morgan fingerprint density at radius 3 is 2.04 bits per heavy atom. The molecule has 0 saturated heterocycles. The molecule has 3 aromatic carbocycles. The van der Waals surface area contributed by atoms with Gasteiger partial charge in [-0.2, -0.15) is 0 Å². The summed E-state index contributed by atoms with van der Waals surface area (Å²) in [5.74, 6) is -0.0150. The molecule has 0 aromatic heterocycles. The van der Waals surface area contributed by atoms with E-state index < -0.39 is 0 Å². The van der Waals surface area contributed by atoms with E-state index in [1.807, 2.05) is 78.9 Å². The van der Waals surface area contributed by atoms with Gasteiger partial charge >= 0.3 is 5.97 Å². The van der Waals surface area contributed by atoms with Gasteiger partial charge in [0.05, 0.1) is 5.56 Å². The predicted octanol–water partition coefficient (Wildman–Crippen LogP) is 6.12. The molecule has 3 aromatic rings. The number of carbonyl (C=O) groups is 1. The summed E-state index contributed by atoms with van der Waals surface area (Å²) < 4.78 is 5.82. The minimum Gasteiger partial charge on any atom is -0.455 e. The molecular weight excluding hydrogens is 332 g/mol. The average molecular weight is 356 g/mol. The van der Waals surface area contributed by atoms with Crippen LogP contribution in [0.3, 0.4) is 0 Å². The van der Waals surface area contributed by atoms with Gasteiger partial charge in [0.25, 0.3) is 0 Å². The molecule has 3 rings (SSSR count). The topological polar surface area (TPSA) is 26.3 Å². The molecule has 0 aliphatic carbocycles. The fraction of sp³-hybridized carbons (Fsp3) is 0.160. The number of hydrogen-bond acceptors (Lipinski definition) is 2. The Hall–Kier alpha value is -3.13. The van der Waals surface area contributed by atoms with Crippen LogP contribution >= 0.6 is 0 Å². The Kier molecular flexibility index (Phi) is 6.59. The highest BCUT2D eigenvalue weighted by atomic mass is 16.5. The van der Waals surface area contributed by atoms with E-state index in [-0.39, 0.29) is 18.0 Å². The van der Waals surface area contributed by atoms with Crippen molar-refractivity contribution in [1.82, 2.24) is 0 Å². The Balaban J connectivity index is 1.75. The zero-order chi connectivity index (χ0) is 18.9. The van der Waals surface area contributed by atoms with Crippen LogP contribution in [-0.4, -0.2) is 12.1 Å². The summed E-state index contributed by atoms with van der Waals surface area (Å²) in [6, 6.07) is 29.5. The van der Waals surface area contributed by atoms with Crippen LogP contribution < -0.4 is 0 Å². The summed E-state index contributed by atoms with van der Waals surface area (Å²) in [5.41, 5.74) is 2.90. The molecule has 0 N–H and O–H groups in total. The minimum atomic E-state index is -0.298. The van der Waals surface area contributed by atoms with Gasteiger partial charge in [0.1, 0.15) is 6.10 Å². The molecule has 0 heterocycles. The first-order valence-electron chi connectivity index (χ1n) is 9.26. The van der Waals surface area contributed by atoms with E-state index in [0.29, 0.717) is 5.56 Å². The largest absolute Gasteiger partial charge is 0.455 e. The number of carbonyl (C=O) groups excluding carboxylic acids is 1. The van der Waals surface area contributed by atoms with Gasteiger partial charge in [-0.3, -0.25) is 0 Å². The molecular formula is C25H24O2. The van der Waals surface area contributed by atoms with E-state index in [0.717, 1.165) is 12.0 Å². The zero-order valence-electron chi connectivity index (χ0n) is 15.5. The smallest absolute Gasteiger partial charge is 0.338 e. The van der Waals surface area contributed by atoms with Gasteiger partial charge < -0.3 is 4.74 Å². The summed E-state index contributed by atoms with van der Waals surface area (Å²) in [7, 11) is 0. The third-order valence-electron chi connectivity index (χ3n) is 4.53. The molecule has 0 amide bonds. The van der Waals surface area contributed by atoms with Crippen molar-refractivity contribution in [3.05, 3.63) is 114 Å². The van der Waals surface area contributed by atoms with Crippen LogP contribution in [0.4, 0.5) is 0 Å². The van der Waals surface area contributed by atoms with Crippen LogP contribution in [0.15, 0.2) is 97.1 Å². The van der Waals surface area contributed by atoms with Crippen LogP contribution in [0.1, 0.15) is 40.7 Å². The van der Waals surface area contributed by atoms with E-state index in [9.17, 15) is 4.79 Å². The Bertz CT molecular complexity index is 855. The molecule has 0 aliphatic rings. The zero-order valence-corrected chi connectivity index (χ0v) is 15.5. The van der Waals surface area contributed by atoms with E-state index in [2.05, 4.69) is 19.1 Å². The highest BCUT2D eigenvalue weighted by Crippen LogP contribution is 2.23. The number of rotatable bonds is 7. The SMILES string of the molecule is CC(C[C@H](/C=C/c1ccccc1)OC(=O)c1ccccc1)c1ccccc1. The first-order chi connectivity index (χ1) is 13.2. The summed E-state index contributed by atoms with van der Waals surface area (Å²) >= 11 is 0. The lowest BCUT2D eigenvalue weighted by Gasteiger charge is -2.19. The number of ether oxygens (including phenoxy) is 1. The molecule has 136 valence electrons. The molecule has 2 heteroatoms. The second-order valence-corrected chi connectivity index (χ2v) is 6.63. The van der Waals surface area contributed by atoms with Gasteiger partial charge in [0, 0.05) is 0 Å². The van der Waals surface area contributed by atoms with Crippen LogP contribution in [0.25, 0.3) is 6.08 Å². The van der Waals surface area contributed by atoms with Crippen molar-refractivity contribution in [2.75, 3.05) is 0 Å². The molecule has 0 saturated carbocycles. The highest BCUT2D eigenvalue weighted by molar-refractivity contribution is 5.89. The van der Waals surface area contributed by atoms with Crippen LogP contribution in [0.5, 0.6) is 0 Å². The maximum atomic E-state index is 12.5. The number of hydrogen-bond donors (Lipinski definition) is 0. The van der Waals surface area contributed by atoms with Crippen LogP contribution in [-0.2, 0) is 4.74 Å². The molecule has 0 aliphatic heterocycles. The lowest BCUT2D eigenvalue weighted by Crippen LogP contribution is -2.18.